The Morgan fingerprint density at radius 2 is 1.58 bits per heavy atom. The highest BCUT2D eigenvalue weighted by molar-refractivity contribution is 7.92. The summed E-state index contributed by atoms with van der Waals surface area (Å²) in [5.41, 5.74) is 3.45. The van der Waals surface area contributed by atoms with Gasteiger partial charge in [-0.15, -0.1) is 0 Å². The number of sulfonamides is 1. The van der Waals surface area contributed by atoms with Gasteiger partial charge in [-0.1, -0.05) is 68.4 Å². The summed E-state index contributed by atoms with van der Waals surface area (Å²) in [4.78, 5) is 29.3. The molecular formula is C34H45N3O5S. The van der Waals surface area contributed by atoms with Crippen molar-refractivity contribution in [3.8, 4) is 5.75 Å². The molecule has 3 aromatic carbocycles. The number of rotatable bonds is 16. The highest BCUT2D eigenvalue weighted by Crippen LogP contribution is 2.22. The van der Waals surface area contributed by atoms with Gasteiger partial charge in [0.1, 0.15) is 11.8 Å². The van der Waals surface area contributed by atoms with Gasteiger partial charge in [0.25, 0.3) is 0 Å². The Kier molecular flexibility index (Phi) is 12.6. The van der Waals surface area contributed by atoms with E-state index in [-0.39, 0.29) is 37.4 Å². The summed E-state index contributed by atoms with van der Waals surface area (Å²) in [5, 5.41) is 3.07. The van der Waals surface area contributed by atoms with Gasteiger partial charge in [-0.05, 0) is 67.1 Å². The molecule has 0 aliphatic carbocycles. The zero-order valence-corrected chi connectivity index (χ0v) is 26.8. The van der Waals surface area contributed by atoms with E-state index in [2.05, 4.69) is 5.32 Å². The van der Waals surface area contributed by atoms with Crippen LogP contribution < -0.4 is 14.4 Å². The Bertz CT molecular complexity index is 1430. The number of carbonyl (C=O) groups is 2. The summed E-state index contributed by atoms with van der Waals surface area (Å²) in [6, 6.07) is 23.7. The highest BCUT2D eigenvalue weighted by atomic mass is 32.2. The fourth-order valence-electron chi connectivity index (χ4n) is 4.86. The van der Waals surface area contributed by atoms with E-state index in [0.29, 0.717) is 24.3 Å². The number of ether oxygens (including phenoxy) is 1. The molecule has 3 rings (SSSR count). The lowest BCUT2D eigenvalue weighted by Gasteiger charge is -2.33. The molecule has 232 valence electrons. The maximum absolute atomic E-state index is 14.0. The second kappa shape index (κ2) is 16.1. The van der Waals surface area contributed by atoms with Crippen LogP contribution in [0.1, 0.15) is 56.7 Å². The van der Waals surface area contributed by atoms with Crippen LogP contribution in [0.5, 0.6) is 5.75 Å². The van der Waals surface area contributed by atoms with E-state index in [0.717, 1.165) is 29.5 Å². The molecule has 0 heterocycles. The maximum Gasteiger partial charge on any atom is 0.243 e. The molecule has 43 heavy (non-hydrogen) atoms. The van der Waals surface area contributed by atoms with Crippen molar-refractivity contribution in [2.75, 3.05) is 24.2 Å². The Morgan fingerprint density at radius 1 is 0.907 bits per heavy atom. The molecule has 8 nitrogen and oxygen atoms in total. The summed E-state index contributed by atoms with van der Waals surface area (Å²) in [6.07, 6.45) is 3.50. The summed E-state index contributed by atoms with van der Waals surface area (Å²) in [7, 11) is -1.98. The van der Waals surface area contributed by atoms with E-state index >= 15 is 0 Å². The van der Waals surface area contributed by atoms with Gasteiger partial charge in [-0.3, -0.25) is 13.9 Å². The van der Waals surface area contributed by atoms with Crippen molar-refractivity contribution in [2.24, 2.45) is 0 Å². The van der Waals surface area contributed by atoms with Crippen LogP contribution in [0.2, 0.25) is 0 Å². The van der Waals surface area contributed by atoms with Gasteiger partial charge in [0.15, 0.2) is 0 Å². The van der Waals surface area contributed by atoms with Crippen molar-refractivity contribution in [1.29, 1.82) is 0 Å². The van der Waals surface area contributed by atoms with Crippen molar-refractivity contribution < 1.29 is 22.7 Å². The molecule has 0 bridgehead atoms. The van der Waals surface area contributed by atoms with E-state index < -0.39 is 16.1 Å². The van der Waals surface area contributed by atoms with Crippen LogP contribution in [0.4, 0.5) is 5.69 Å². The smallest absolute Gasteiger partial charge is 0.243 e. The van der Waals surface area contributed by atoms with E-state index in [9.17, 15) is 18.0 Å². The SMILES string of the molecule is CCc1ccc(N(CCCC(=O)N(Cc2cccc(OC)c2)[C@H](Cc2ccccc2)C(=O)N[C@@H](C)CC)S(C)(=O)=O)cc1. The van der Waals surface area contributed by atoms with Crippen LogP contribution >= 0.6 is 0 Å². The molecule has 0 saturated carbocycles. The standard InChI is InChI=1S/C34H45N3O5S/c1-6-26(3)35-34(39)32(24-28-13-9-8-10-14-28)36(25-29-15-11-16-31(23-29)42-4)33(38)17-12-22-37(43(5,40)41)30-20-18-27(7-2)19-21-30/h8-11,13-16,18-21,23,26,32H,6-7,12,17,22,24-25H2,1-5H3,(H,35,39)/t26-,32+/m0/s1. The first-order valence-electron chi connectivity index (χ1n) is 14.9. The van der Waals surface area contributed by atoms with Gasteiger partial charge in [0, 0.05) is 32.0 Å². The molecule has 1 N–H and O–H groups in total. The predicted octanol–water partition coefficient (Wildman–Crippen LogP) is 5.36. The van der Waals surface area contributed by atoms with Crippen LogP contribution in [-0.4, -0.2) is 57.1 Å². The Balaban J connectivity index is 1.90. The lowest BCUT2D eigenvalue weighted by molar-refractivity contribution is -0.141. The number of amides is 2. The van der Waals surface area contributed by atoms with Gasteiger partial charge in [-0.25, -0.2) is 8.42 Å². The van der Waals surface area contributed by atoms with E-state index in [1.165, 1.54) is 10.6 Å². The van der Waals surface area contributed by atoms with Crippen molar-refractivity contribution in [2.45, 2.75) is 71.5 Å². The second-order valence-electron chi connectivity index (χ2n) is 10.9. The van der Waals surface area contributed by atoms with Crippen molar-refractivity contribution in [3.05, 3.63) is 95.6 Å². The second-order valence-corrected chi connectivity index (χ2v) is 12.8. The molecule has 0 fully saturated rings. The Hall–Kier alpha value is -3.85. The number of anilines is 1. The van der Waals surface area contributed by atoms with E-state index in [1.807, 2.05) is 87.5 Å². The number of nitrogens with zero attached hydrogens (tertiary/aromatic N) is 2. The molecule has 0 aromatic heterocycles. The molecule has 2 atom stereocenters. The minimum absolute atomic E-state index is 0.0537. The van der Waals surface area contributed by atoms with Crippen LogP contribution in [0.25, 0.3) is 0 Å². The molecule has 9 heteroatoms. The first-order valence-corrected chi connectivity index (χ1v) is 16.7. The summed E-state index contributed by atoms with van der Waals surface area (Å²) in [5.74, 6) is 0.215. The molecule has 0 aliphatic heterocycles. The third kappa shape index (κ3) is 10.1. The maximum atomic E-state index is 14.0. The van der Waals surface area contributed by atoms with Gasteiger partial charge in [0.05, 0.1) is 19.1 Å². The molecule has 0 unspecified atom stereocenters. The molecule has 0 radical (unpaired) electrons. The first-order chi connectivity index (χ1) is 20.5. The van der Waals surface area contributed by atoms with E-state index in [1.54, 1.807) is 24.1 Å². The first kappa shape index (κ1) is 33.6. The van der Waals surface area contributed by atoms with Crippen LogP contribution in [0, 0.1) is 0 Å². The summed E-state index contributed by atoms with van der Waals surface area (Å²) >= 11 is 0. The van der Waals surface area contributed by atoms with Crippen molar-refractivity contribution >= 4 is 27.5 Å². The number of hydrogen-bond donors (Lipinski definition) is 1. The van der Waals surface area contributed by atoms with Gasteiger partial charge in [0.2, 0.25) is 21.8 Å². The zero-order valence-electron chi connectivity index (χ0n) is 26.0. The minimum Gasteiger partial charge on any atom is -0.497 e. The third-order valence-electron chi connectivity index (χ3n) is 7.54. The largest absolute Gasteiger partial charge is 0.497 e. The fourth-order valence-corrected chi connectivity index (χ4v) is 5.83. The Morgan fingerprint density at radius 3 is 2.19 bits per heavy atom. The number of aryl methyl sites for hydroxylation is 1. The lowest BCUT2D eigenvalue weighted by Crippen LogP contribution is -2.52. The molecule has 0 spiro atoms. The zero-order chi connectivity index (χ0) is 31.4. The molecule has 0 aliphatic rings. The number of methoxy groups -OCH3 is 1. The summed E-state index contributed by atoms with van der Waals surface area (Å²) in [6.45, 7) is 6.33. The van der Waals surface area contributed by atoms with Gasteiger partial charge in [-0.2, -0.15) is 0 Å². The summed E-state index contributed by atoms with van der Waals surface area (Å²) < 4.78 is 32.1. The molecule has 0 saturated heterocycles. The normalized spacial score (nSPS) is 12.7. The third-order valence-corrected chi connectivity index (χ3v) is 8.74. The molecule has 3 aromatic rings. The van der Waals surface area contributed by atoms with E-state index in [4.69, 9.17) is 4.74 Å². The van der Waals surface area contributed by atoms with Crippen molar-refractivity contribution in [1.82, 2.24) is 10.2 Å². The highest BCUT2D eigenvalue weighted by Gasteiger charge is 2.31. The predicted molar refractivity (Wildman–Crippen MR) is 173 cm³/mol. The minimum atomic E-state index is -3.57. The number of nitrogens with one attached hydrogen (secondary N) is 1. The Labute approximate surface area is 257 Å². The molecule has 2 amide bonds. The lowest BCUT2D eigenvalue weighted by atomic mass is 10.0. The monoisotopic (exact) mass is 607 g/mol. The fraction of sp³-hybridized carbons (Fsp3) is 0.412. The quantitative estimate of drug-likeness (QED) is 0.237. The van der Waals surface area contributed by atoms with Gasteiger partial charge < -0.3 is 15.0 Å². The number of benzene rings is 3. The topological polar surface area (TPSA) is 96.0 Å². The van der Waals surface area contributed by atoms with Crippen LogP contribution in [0.3, 0.4) is 0 Å². The molecular weight excluding hydrogens is 562 g/mol. The number of carbonyl (C=O) groups excluding carboxylic acids is 2. The van der Waals surface area contributed by atoms with Crippen LogP contribution in [0.15, 0.2) is 78.9 Å². The van der Waals surface area contributed by atoms with Crippen LogP contribution in [-0.2, 0) is 39.0 Å². The van der Waals surface area contributed by atoms with Gasteiger partial charge >= 0.3 is 0 Å². The number of hydrogen-bond acceptors (Lipinski definition) is 5. The van der Waals surface area contributed by atoms with Crippen molar-refractivity contribution in [3.63, 3.8) is 0 Å². The average molecular weight is 608 g/mol. The average Bonchev–Trinajstić information content (AvgIpc) is 3.00.